The van der Waals surface area contributed by atoms with Crippen molar-refractivity contribution in [2.75, 3.05) is 38.3 Å². The molecule has 0 aliphatic rings. The van der Waals surface area contributed by atoms with E-state index < -0.39 is 28.4 Å². The Bertz CT molecular complexity index is 746. The molecule has 1 rings (SSSR count). The summed E-state index contributed by atoms with van der Waals surface area (Å²) in [5, 5.41) is 8.97. The first-order chi connectivity index (χ1) is 11.6. The molecule has 1 aromatic rings. The van der Waals surface area contributed by atoms with Crippen LogP contribution in [-0.2, 0) is 14.8 Å². The summed E-state index contributed by atoms with van der Waals surface area (Å²) < 4.78 is 35.7. The lowest BCUT2D eigenvalue weighted by molar-refractivity contribution is -0.137. The molecule has 0 aliphatic heterocycles. The monoisotopic (exact) mass is 374 g/mol. The van der Waals surface area contributed by atoms with Crippen molar-refractivity contribution < 1.29 is 32.6 Å². The lowest BCUT2D eigenvalue weighted by atomic mass is 10.1. The minimum absolute atomic E-state index is 0.0273. The summed E-state index contributed by atoms with van der Waals surface area (Å²) in [7, 11) is -0.953. The van der Waals surface area contributed by atoms with E-state index in [1.807, 2.05) is 6.92 Å². The Morgan fingerprint density at radius 1 is 1.24 bits per heavy atom. The zero-order valence-electron chi connectivity index (χ0n) is 14.5. The van der Waals surface area contributed by atoms with E-state index in [-0.39, 0.29) is 29.3 Å². The van der Waals surface area contributed by atoms with Gasteiger partial charge in [-0.3, -0.25) is 14.3 Å². The number of methoxy groups -OCH3 is 2. The number of carbonyl (C=O) groups excluding carboxylic acids is 1. The van der Waals surface area contributed by atoms with Gasteiger partial charge in [0, 0.05) is 12.1 Å². The average Bonchev–Trinajstić information content (AvgIpc) is 2.51. The average molecular weight is 374 g/mol. The van der Waals surface area contributed by atoms with Gasteiger partial charge in [-0.15, -0.1) is 0 Å². The van der Waals surface area contributed by atoms with Crippen LogP contribution in [0, 0.1) is 0 Å². The molecular weight excluding hydrogens is 352 g/mol. The van der Waals surface area contributed by atoms with Gasteiger partial charge in [0.25, 0.3) is 5.91 Å². The maximum absolute atomic E-state index is 12.6. The van der Waals surface area contributed by atoms with Gasteiger partial charge >= 0.3 is 5.97 Å². The normalized spacial score (nSPS) is 10.9. The van der Waals surface area contributed by atoms with Crippen LogP contribution >= 0.6 is 0 Å². The predicted octanol–water partition coefficient (Wildman–Crippen LogP) is 1.01. The first-order valence-electron chi connectivity index (χ1n) is 7.37. The van der Waals surface area contributed by atoms with E-state index in [9.17, 15) is 18.0 Å². The topological polar surface area (TPSA) is 122 Å². The molecule has 2 N–H and O–H groups in total. The van der Waals surface area contributed by atoms with E-state index in [0.29, 0.717) is 6.42 Å². The summed E-state index contributed by atoms with van der Waals surface area (Å²) in [6, 6.07) is 2.66. The Labute approximate surface area is 146 Å². The molecule has 140 valence electrons. The molecule has 0 aliphatic carbocycles. The Balaban J connectivity index is 3.40. The number of carbonyl (C=O) groups is 2. The van der Waals surface area contributed by atoms with Gasteiger partial charge in [0.1, 0.15) is 6.54 Å². The van der Waals surface area contributed by atoms with Crippen molar-refractivity contribution in [2.24, 2.45) is 0 Å². The molecule has 0 heterocycles. The second kappa shape index (κ2) is 8.56. The number of amides is 1. The highest BCUT2D eigenvalue weighted by molar-refractivity contribution is 7.92. The molecular formula is C15H22N2O7S. The number of sulfonamides is 1. The minimum Gasteiger partial charge on any atom is -0.493 e. The van der Waals surface area contributed by atoms with Crippen LogP contribution in [0.4, 0.5) is 5.69 Å². The molecule has 9 nitrogen and oxygen atoms in total. The van der Waals surface area contributed by atoms with Gasteiger partial charge in [0.2, 0.25) is 10.0 Å². The maximum atomic E-state index is 12.6. The fourth-order valence-corrected chi connectivity index (χ4v) is 2.78. The van der Waals surface area contributed by atoms with Crippen molar-refractivity contribution in [2.45, 2.75) is 13.3 Å². The lowest BCUT2D eigenvalue weighted by Crippen LogP contribution is -2.36. The SMILES string of the molecule is CCCN(CC(=O)O)C(=O)c1cc(NS(C)(=O)=O)c(OC)c(OC)c1. The zero-order valence-corrected chi connectivity index (χ0v) is 15.3. The highest BCUT2D eigenvalue weighted by atomic mass is 32.2. The fourth-order valence-electron chi connectivity index (χ4n) is 2.23. The van der Waals surface area contributed by atoms with Gasteiger partial charge in [-0.2, -0.15) is 0 Å². The van der Waals surface area contributed by atoms with Crippen molar-refractivity contribution in [1.29, 1.82) is 0 Å². The predicted molar refractivity (Wildman–Crippen MR) is 91.8 cm³/mol. The standard InChI is InChI=1S/C15H22N2O7S/c1-5-6-17(9-13(18)19)15(20)10-7-11(16-25(4,21)22)14(24-3)12(8-10)23-2/h7-8,16H,5-6,9H2,1-4H3,(H,18,19). The van der Waals surface area contributed by atoms with Gasteiger partial charge in [-0.25, -0.2) is 8.42 Å². The first kappa shape index (κ1) is 20.6. The van der Waals surface area contributed by atoms with Crippen molar-refractivity contribution in [3.05, 3.63) is 17.7 Å². The lowest BCUT2D eigenvalue weighted by Gasteiger charge is -2.21. The smallest absolute Gasteiger partial charge is 0.323 e. The van der Waals surface area contributed by atoms with Crippen LogP contribution in [0.5, 0.6) is 11.5 Å². The number of nitrogens with zero attached hydrogens (tertiary/aromatic N) is 1. The van der Waals surface area contributed by atoms with E-state index in [0.717, 1.165) is 11.2 Å². The fraction of sp³-hybridized carbons (Fsp3) is 0.467. The molecule has 0 saturated carbocycles. The van der Waals surface area contributed by atoms with Gasteiger partial charge in [-0.1, -0.05) is 6.92 Å². The molecule has 1 aromatic carbocycles. The molecule has 0 bridgehead atoms. The van der Waals surface area contributed by atoms with E-state index in [1.165, 1.54) is 26.4 Å². The van der Waals surface area contributed by atoms with Crippen LogP contribution in [0.15, 0.2) is 12.1 Å². The number of nitrogens with one attached hydrogen (secondary N) is 1. The first-order valence-corrected chi connectivity index (χ1v) is 9.27. The number of anilines is 1. The molecule has 0 spiro atoms. The summed E-state index contributed by atoms with van der Waals surface area (Å²) in [5.41, 5.74) is 0.109. The summed E-state index contributed by atoms with van der Waals surface area (Å²) in [6.07, 6.45) is 1.53. The van der Waals surface area contributed by atoms with Crippen LogP contribution in [0.1, 0.15) is 23.7 Å². The summed E-state index contributed by atoms with van der Waals surface area (Å²) in [6.45, 7) is 1.59. The molecule has 0 saturated heterocycles. The van der Waals surface area contributed by atoms with Crippen molar-refractivity contribution in [3.8, 4) is 11.5 Å². The number of carboxylic acid groups (broad SMARTS) is 1. The van der Waals surface area contributed by atoms with E-state index in [4.69, 9.17) is 14.6 Å². The third-order valence-corrected chi connectivity index (χ3v) is 3.72. The van der Waals surface area contributed by atoms with Crippen molar-refractivity contribution >= 4 is 27.6 Å². The largest absolute Gasteiger partial charge is 0.493 e. The summed E-state index contributed by atoms with van der Waals surface area (Å²) in [4.78, 5) is 24.8. The van der Waals surface area contributed by atoms with Crippen LogP contribution < -0.4 is 14.2 Å². The van der Waals surface area contributed by atoms with Crippen LogP contribution in [-0.4, -0.2) is 63.9 Å². The van der Waals surface area contributed by atoms with E-state index in [1.54, 1.807) is 0 Å². The quantitative estimate of drug-likeness (QED) is 0.661. The number of benzene rings is 1. The number of hydrogen-bond acceptors (Lipinski definition) is 6. The molecule has 10 heteroatoms. The Morgan fingerprint density at radius 2 is 1.88 bits per heavy atom. The molecule has 0 atom stereocenters. The van der Waals surface area contributed by atoms with E-state index in [2.05, 4.69) is 4.72 Å². The summed E-state index contributed by atoms with van der Waals surface area (Å²) in [5.74, 6) is -1.44. The van der Waals surface area contributed by atoms with Crippen molar-refractivity contribution in [1.82, 2.24) is 4.90 Å². The Kier molecular flexibility index (Phi) is 7.04. The molecule has 0 radical (unpaired) electrons. The Hall–Kier alpha value is -2.49. The number of aliphatic carboxylic acids is 1. The zero-order chi connectivity index (χ0) is 19.2. The van der Waals surface area contributed by atoms with Gasteiger partial charge in [0.15, 0.2) is 11.5 Å². The number of ether oxygens (including phenoxy) is 2. The third kappa shape index (κ3) is 5.82. The minimum atomic E-state index is -3.63. The van der Waals surface area contributed by atoms with Gasteiger partial charge < -0.3 is 19.5 Å². The van der Waals surface area contributed by atoms with Gasteiger partial charge in [0.05, 0.1) is 26.2 Å². The molecule has 0 aromatic heterocycles. The van der Waals surface area contributed by atoms with Crippen LogP contribution in [0.3, 0.4) is 0 Å². The highest BCUT2D eigenvalue weighted by Gasteiger charge is 2.23. The van der Waals surface area contributed by atoms with Crippen LogP contribution in [0.2, 0.25) is 0 Å². The van der Waals surface area contributed by atoms with E-state index >= 15 is 0 Å². The molecule has 1 amide bonds. The number of hydrogen-bond donors (Lipinski definition) is 2. The molecule has 0 unspecified atom stereocenters. The molecule has 25 heavy (non-hydrogen) atoms. The van der Waals surface area contributed by atoms with Gasteiger partial charge in [-0.05, 0) is 18.6 Å². The molecule has 0 fully saturated rings. The second-order valence-electron chi connectivity index (χ2n) is 5.25. The Morgan fingerprint density at radius 3 is 2.32 bits per heavy atom. The maximum Gasteiger partial charge on any atom is 0.323 e. The second-order valence-corrected chi connectivity index (χ2v) is 7.00. The third-order valence-electron chi connectivity index (χ3n) is 3.13. The number of carboxylic acids is 1. The highest BCUT2D eigenvalue weighted by Crippen LogP contribution is 2.37. The summed E-state index contributed by atoms with van der Waals surface area (Å²) >= 11 is 0. The number of rotatable bonds is 9. The van der Waals surface area contributed by atoms with Crippen LogP contribution in [0.25, 0.3) is 0 Å². The van der Waals surface area contributed by atoms with Crippen molar-refractivity contribution in [3.63, 3.8) is 0 Å².